The summed E-state index contributed by atoms with van der Waals surface area (Å²) in [4.78, 5) is 26.1. The molecule has 1 aromatic rings. The smallest absolute Gasteiger partial charge is 0.177 e. The molecule has 2 nitrogen and oxygen atoms in total. The first-order valence-electron chi connectivity index (χ1n) is 8.48. The summed E-state index contributed by atoms with van der Waals surface area (Å²) in [6.07, 6.45) is 4.76. The van der Waals surface area contributed by atoms with Gasteiger partial charge in [-0.15, -0.1) is 0 Å². The molecule has 3 rings (SSSR count). The van der Waals surface area contributed by atoms with E-state index in [1.807, 2.05) is 44.2 Å². The number of ketones is 2. The molecule has 0 saturated heterocycles. The molecule has 0 aliphatic heterocycles. The molecule has 1 aromatic carbocycles. The summed E-state index contributed by atoms with van der Waals surface area (Å²) in [6, 6.07) is 9.85. The van der Waals surface area contributed by atoms with Crippen molar-refractivity contribution in [2.75, 3.05) is 0 Å². The van der Waals surface area contributed by atoms with E-state index in [1.54, 1.807) is 0 Å². The lowest BCUT2D eigenvalue weighted by Gasteiger charge is -2.23. The highest BCUT2D eigenvalue weighted by Gasteiger charge is 2.50. The number of allylic oxidation sites excluding steroid dienone is 4. The SMILES string of the molecule is CC1=C(C2=C(C)C(=O)[C@](C)(Cc3ccccc3)C2=O)CCCC1. The van der Waals surface area contributed by atoms with E-state index in [0.29, 0.717) is 12.0 Å². The maximum atomic E-state index is 13.2. The van der Waals surface area contributed by atoms with Crippen LogP contribution >= 0.6 is 0 Å². The standard InChI is InChI=1S/C21H24O2/c1-14-9-7-8-12-17(14)18-15(2)19(22)21(3,20(18)23)13-16-10-5-4-6-11-16/h4-6,10-11H,7-9,12-13H2,1-3H3/t21-/m0/s1. The zero-order chi connectivity index (χ0) is 16.6. The largest absolute Gasteiger partial charge is 0.293 e. The number of benzene rings is 1. The highest BCUT2D eigenvalue weighted by atomic mass is 16.2. The number of carbonyl (C=O) groups is 2. The van der Waals surface area contributed by atoms with Crippen LogP contribution in [-0.4, -0.2) is 11.6 Å². The first-order valence-corrected chi connectivity index (χ1v) is 8.48. The van der Waals surface area contributed by atoms with Crippen LogP contribution in [0, 0.1) is 5.41 Å². The van der Waals surface area contributed by atoms with Gasteiger partial charge in [0.1, 0.15) is 0 Å². The zero-order valence-corrected chi connectivity index (χ0v) is 14.2. The Morgan fingerprint density at radius 3 is 2.26 bits per heavy atom. The Morgan fingerprint density at radius 2 is 1.61 bits per heavy atom. The Labute approximate surface area is 138 Å². The Balaban J connectivity index is 1.99. The molecule has 0 fully saturated rings. The van der Waals surface area contributed by atoms with Gasteiger partial charge in [-0.25, -0.2) is 0 Å². The van der Waals surface area contributed by atoms with Gasteiger partial charge in [0.05, 0.1) is 5.41 Å². The minimum Gasteiger partial charge on any atom is -0.293 e. The molecule has 2 aliphatic rings. The van der Waals surface area contributed by atoms with Crippen molar-refractivity contribution in [1.29, 1.82) is 0 Å². The topological polar surface area (TPSA) is 34.1 Å². The zero-order valence-electron chi connectivity index (χ0n) is 14.2. The van der Waals surface area contributed by atoms with Gasteiger partial charge in [0.25, 0.3) is 0 Å². The van der Waals surface area contributed by atoms with Crippen LogP contribution < -0.4 is 0 Å². The number of carbonyl (C=O) groups excluding carboxylic acids is 2. The lowest BCUT2D eigenvalue weighted by molar-refractivity contribution is -0.132. The normalized spacial score (nSPS) is 25.5. The lowest BCUT2D eigenvalue weighted by Crippen LogP contribution is -2.34. The minimum absolute atomic E-state index is 0.00669. The molecule has 0 radical (unpaired) electrons. The first-order chi connectivity index (χ1) is 10.9. The summed E-state index contributed by atoms with van der Waals surface area (Å²) in [7, 11) is 0. The fraction of sp³-hybridized carbons (Fsp3) is 0.429. The molecule has 120 valence electrons. The predicted molar refractivity (Wildman–Crippen MR) is 92.1 cm³/mol. The minimum atomic E-state index is -0.939. The average Bonchev–Trinajstić information content (AvgIpc) is 2.71. The predicted octanol–water partition coefficient (Wildman–Crippen LogP) is 4.59. The molecule has 0 N–H and O–H groups in total. The highest BCUT2D eigenvalue weighted by Crippen LogP contribution is 2.44. The van der Waals surface area contributed by atoms with Crippen LogP contribution in [-0.2, 0) is 16.0 Å². The van der Waals surface area contributed by atoms with Crippen molar-refractivity contribution in [1.82, 2.24) is 0 Å². The molecule has 0 aromatic heterocycles. The van der Waals surface area contributed by atoms with Gasteiger partial charge in [0.2, 0.25) is 0 Å². The maximum absolute atomic E-state index is 13.2. The van der Waals surface area contributed by atoms with E-state index < -0.39 is 5.41 Å². The van der Waals surface area contributed by atoms with Gasteiger partial charge in [-0.2, -0.15) is 0 Å². The Bertz CT molecular complexity index is 721. The summed E-state index contributed by atoms with van der Waals surface area (Å²) in [6.45, 7) is 5.76. The summed E-state index contributed by atoms with van der Waals surface area (Å²) >= 11 is 0. The summed E-state index contributed by atoms with van der Waals surface area (Å²) in [5.41, 5.74) is 3.93. The highest BCUT2D eigenvalue weighted by molar-refractivity contribution is 6.29. The molecule has 2 aliphatic carbocycles. The summed E-state index contributed by atoms with van der Waals surface area (Å²) in [5, 5.41) is 0. The molecule has 1 atom stereocenters. The Morgan fingerprint density at radius 1 is 0.957 bits per heavy atom. The number of hydrogen-bond acceptors (Lipinski definition) is 2. The van der Waals surface area contributed by atoms with E-state index >= 15 is 0 Å². The van der Waals surface area contributed by atoms with E-state index in [2.05, 4.69) is 6.92 Å². The number of Topliss-reactive ketones (excluding diaryl/α,β-unsaturated/α-hetero) is 2. The second-order valence-electron chi connectivity index (χ2n) is 7.12. The third-order valence-corrected chi connectivity index (χ3v) is 5.39. The van der Waals surface area contributed by atoms with Gasteiger partial charge in [-0.1, -0.05) is 35.9 Å². The van der Waals surface area contributed by atoms with Crippen LogP contribution in [0.2, 0.25) is 0 Å². The van der Waals surface area contributed by atoms with E-state index in [0.717, 1.165) is 36.0 Å². The van der Waals surface area contributed by atoms with Crippen LogP contribution in [0.25, 0.3) is 0 Å². The Kier molecular flexibility index (Phi) is 4.09. The van der Waals surface area contributed by atoms with Crippen LogP contribution in [0.5, 0.6) is 0 Å². The number of rotatable bonds is 3. The van der Waals surface area contributed by atoms with Crippen LogP contribution in [0.4, 0.5) is 0 Å². The molecule has 0 spiro atoms. The maximum Gasteiger partial charge on any atom is 0.177 e. The van der Waals surface area contributed by atoms with Crippen molar-refractivity contribution < 1.29 is 9.59 Å². The first kappa shape index (κ1) is 15.9. The van der Waals surface area contributed by atoms with Gasteiger partial charge in [0, 0.05) is 11.1 Å². The van der Waals surface area contributed by atoms with Crippen molar-refractivity contribution in [3.8, 4) is 0 Å². The van der Waals surface area contributed by atoms with E-state index in [9.17, 15) is 9.59 Å². The number of hydrogen-bond donors (Lipinski definition) is 0. The third-order valence-electron chi connectivity index (χ3n) is 5.39. The molecular weight excluding hydrogens is 284 g/mol. The van der Waals surface area contributed by atoms with Crippen molar-refractivity contribution in [2.45, 2.75) is 52.9 Å². The molecule has 0 bridgehead atoms. The molecule has 0 unspecified atom stereocenters. The van der Waals surface area contributed by atoms with Gasteiger partial charge in [-0.3, -0.25) is 9.59 Å². The van der Waals surface area contributed by atoms with Gasteiger partial charge >= 0.3 is 0 Å². The quantitative estimate of drug-likeness (QED) is 0.765. The van der Waals surface area contributed by atoms with E-state index in [4.69, 9.17) is 0 Å². The van der Waals surface area contributed by atoms with Crippen LogP contribution in [0.3, 0.4) is 0 Å². The fourth-order valence-electron chi connectivity index (χ4n) is 4.00. The van der Waals surface area contributed by atoms with Crippen molar-refractivity contribution >= 4 is 11.6 Å². The van der Waals surface area contributed by atoms with E-state index in [1.165, 1.54) is 12.0 Å². The van der Waals surface area contributed by atoms with Crippen LogP contribution in [0.15, 0.2) is 52.6 Å². The summed E-state index contributed by atoms with van der Waals surface area (Å²) < 4.78 is 0. The van der Waals surface area contributed by atoms with Gasteiger partial charge < -0.3 is 0 Å². The average molecular weight is 308 g/mol. The third kappa shape index (κ3) is 2.60. The second kappa shape index (κ2) is 5.92. The van der Waals surface area contributed by atoms with Crippen molar-refractivity contribution in [3.05, 3.63) is 58.2 Å². The monoisotopic (exact) mass is 308 g/mol. The second-order valence-corrected chi connectivity index (χ2v) is 7.12. The fourth-order valence-corrected chi connectivity index (χ4v) is 4.00. The molecule has 23 heavy (non-hydrogen) atoms. The molecule has 0 saturated carbocycles. The van der Waals surface area contributed by atoms with Gasteiger partial charge in [0.15, 0.2) is 11.6 Å². The van der Waals surface area contributed by atoms with Crippen LogP contribution in [0.1, 0.15) is 52.0 Å². The summed E-state index contributed by atoms with van der Waals surface area (Å²) in [5.74, 6) is 0.0346. The van der Waals surface area contributed by atoms with Crippen molar-refractivity contribution in [2.24, 2.45) is 5.41 Å². The molecule has 2 heteroatoms. The molecular formula is C21H24O2. The Hall–Kier alpha value is -1.96. The van der Waals surface area contributed by atoms with E-state index in [-0.39, 0.29) is 11.6 Å². The van der Waals surface area contributed by atoms with Gasteiger partial charge in [-0.05, 0) is 64.0 Å². The molecule has 0 amide bonds. The van der Waals surface area contributed by atoms with Crippen molar-refractivity contribution in [3.63, 3.8) is 0 Å². The lowest BCUT2D eigenvalue weighted by atomic mass is 9.77. The molecule has 0 heterocycles.